The van der Waals surface area contributed by atoms with Gasteiger partial charge in [-0.3, -0.25) is 9.79 Å². The first kappa shape index (κ1) is 19.2. The number of unbranched alkanes of at least 4 members (excludes halogenated alkanes) is 1. The van der Waals surface area contributed by atoms with Crippen molar-refractivity contribution in [2.45, 2.75) is 46.7 Å². The van der Waals surface area contributed by atoms with Crippen molar-refractivity contribution in [1.82, 2.24) is 20.2 Å². The van der Waals surface area contributed by atoms with E-state index in [-0.39, 0.29) is 5.56 Å². The summed E-state index contributed by atoms with van der Waals surface area (Å²) in [5.74, 6) is 0.790. The van der Waals surface area contributed by atoms with Gasteiger partial charge in [-0.15, -0.1) is 11.3 Å². The first-order chi connectivity index (χ1) is 12.0. The molecule has 0 bridgehead atoms. The zero-order valence-corrected chi connectivity index (χ0v) is 16.2. The molecule has 0 spiro atoms. The number of rotatable bonds is 7. The zero-order valence-electron chi connectivity index (χ0n) is 15.4. The van der Waals surface area contributed by atoms with E-state index in [2.05, 4.69) is 20.6 Å². The Morgan fingerprint density at radius 2 is 2.04 bits per heavy atom. The van der Waals surface area contributed by atoms with Crippen LogP contribution in [0.15, 0.2) is 28.0 Å². The summed E-state index contributed by atoms with van der Waals surface area (Å²) in [7, 11) is 1.77. The average molecular weight is 362 g/mol. The van der Waals surface area contributed by atoms with Gasteiger partial charge in [0.15, 0.2) is 5.96 Å². The van der Waals surface area contributed by atoms with E-state index in [9.17, 15) is 4.79 Å². The van der Waals surface area contributed by atoms with Crippen LogP contribution in [0.1, 0.15) is 34.1 Å². The maximum absolute atomic E-state index is 11.8. The molecule has 2 rings (SSSR count). The molecule has 0 saturated carbocycles. The fraction of sp³-hybridized carbons (Fsp3) is 0.500. The largest absolute Gasteiger partial charge is 0.356 e. The van der Waals surface area contributed by atoms with Crippen molar-refractivity contribution in [3.63, 3.8) is 0 Å². The van der Waals surface area contributed by atoms with Crippen molar-refractivity contribution in [2.24, 2.45) is 4.99 Å². The standard InChI is InChI=1S/C18H27N5OS/c1-13-8-7-9-17(24)23(13)11-6-5-10-20-18(19-4)21-12-16-14(2)22-15(3)25-16/h7-9H,5-6,10-12H2,1-4H3,(H2,19,20,21). The highest BCUT2D eigenvalue weighted by atomic mass is 32.1. The van der Waals surface area contributed by atoms with E-state index in [4.69, 9.17) is 0 Å². The number of pyridine rings is 1. The molecule has 0 unspecified atom stereocenters. The number of nitrogens with zero attached hydrogens (tertiary/aromatic N) is 3. The van der Waals surface area contributed by atoms with Crippen LogP contribution in [0.2, 0.25) is 0 Å². The number of aryl methyl sites for hydroxylation is 3. The summed E-state index contributed by atoms with van der Waals surface area (Å²) in [4.78, 5) is 21.7. The van der Waals surface area contributed by atoms with Crippen LogP contribution in [0.4, 0.5) is 0 Å². The minimum Gasteiger partial charge on any atom is -0.356 e. The number of nitrogens with one attached hydrogen (secondary N) is 2. The van der Waals surface area contributed by atoms with Gasteiger partial charge >= 0.3 is 0 Å². The second-order valence-electron chi connectivity index (χ2n) is 5.96. The molecule has 0 aliphatic heterocycles. The van der Waals surface area contributed by atoms with Crippen molar-refractivity contribution in [2.75, 3.05) is 13.6 Å². The lowest BCUT2D eigenvalue weighted by atomic mass is 10.3. The first-order valence-electron chi connectivity index (χ1n) is 8.55. The number of thiazole rings is 1. The monoisotopic (exact) mass is 361 g/mol. The smallest absolute Gasteiger partial charge is 0.250 e. The Balaban J connectivity index is 1.71. The SMILES string of the molecule is CN=C(NCCCCn1c(C)cccc1=O)NCc1sc(C)nc1C. The summed E-state index contributed by atoms with van der Waals surface area (Å²) in [6.07, 6.45) is 1.92. The van der Waals surface area contributed by atoms with E-state index >= 15 is 0 Å². The summed E-state index contributed by atoms with van der Waals surface area (Å²) in [5.41, 5.74) is 2.16. The number of aliphatic imine (C=N–C) groups is 1. The summed E-state index contributed by atoms with van der Waals surface area (Å²) in [6.45, 7) is 8.32. The van der Waals surface area contributed by atoms with Gasteiger partial charge in [0.25, 0.3) is 5.56 Å². The normalized spacial score (nSPS) is 11.6. The molecule has 0 radical (unpaired) electrons. The lowest BCUT2D eigenvalue weighted by Crippen LogP contribution is -2.37. The molecule has 2 heterocycles. The van der Waals surface area contributed by atoms with Gasteiger partial charge in [0.1, 0.15) is 0 Å². The highest BCUT2D eigenvalue weighted by Crippen LogP contribution is 2.16. The van der Waals surface area contributed by atoms with Crippen LogP contribution >= 0.6 is 11.3 Å². The summed E-state index contributed by atoms with van der Waals surface area (Å²) in [5, 5.41) is 7.72. The fourth-order valence-corrected chi connectivity index (χ4v) is 3.51. The van der Waals surface area contributed by atoms with Gasteiger partial charge in [0.05, 0.1) is 17.2 Å². The molecule has 25 heavy (non-hydrogen) atoms. The average Bonchev–Trinajstić information content (AvgIpc) is 2.90. The van der Waals surface area contributed by atoms with Crippen LogP contribution < -0.4 is 16.2 Å². The minimum atomic E-state index is 0.0701. The maximum atomic E-state index is 11.8. The quantitative estimate of drug-likeness (QED) is 0.451. The van der Waals surface area contributed by atoms with Crippen LogP contribution in [-0.4, -0.2) is 29.1 Å². The highest BCUT2D eigenvalue weighted by Gasteiger charge is 2.05. The van der Waals surface area contributed by atoms with Gasteiger partial charge in [-0.1, -0.05) is 6.07 Å². The van der Waals surface area contributed by atoms with Crippen molar-refractivity contribution < 1.29 is 0 Å². The first-order valence-corrected chi connectivity index (χ1v) is 9.37. The molecule has 0 amide bonds. The van der Waals surface area contributed by atoms with Gasteiger partial charge in [0, 0.05) is 36.8 Å². The Morgan fingerprint density at radius 1 is 1.24 bits per heavy atom. The number of guanidine groups is 1. The Morgan fingerprint density at radius 3 is 2.68 bits per heavy atom. The lowest BCUT2D eigenvalue weighted by Gasteiger charge is -2.12. The van der Waals surface area contributed by atoms with E-state index in [1.807, 2.05) is 31.4 Å². The van der Waals surface area contributed by atoms with Crippen LogP contribution in [0.3, 0.4) is 0 Å². The van der Waals surface area contributed by atoms with E-state index in [0.717, 1.165) is 54.8 Å². The summed E-state index contributed by atoms with van der Waals surface area (Å²) in [6, 6.07) is 5.38. The van der Waals surface area contributed by atoms with Crippen LogP contribution in [0.25, 0.3) is 0 Å². The fourth-order valence-electron chi connectivity index (χ4n) is 2.63. The second-order valence-corrected chi connectivity index (χ2v) is 7.25. The number of hydrogen-bond acceptors (Lipinski definition) is 4. The van der Waals surface area contributed by atoms with Gasteiger partial charge in [-0.25, -0.2) is 4.98 Å². The molecule has 0 saturated heterocycles. The predicted octanol–water partition coefficient (Wildman–Crippen LogP) is 2.38. The third kappa shape index (κ3) is 5.70. The van der Waals surface area contributed by atoms with Crippen molar-refractivity contribution in [1.29, 1.82) is 0 Å². The number of hydrogen-bond donors (Lipinski definition) is 2. The Hall–Kier alpha value is -2.15. The Labute approximate surface area is 153 Å². The topological polar surface area (TPSA) is 71.3 Å². The molecule has 0 aliphatic rings. The lowest BCUT2D eigenvalue weighted by molar-refractivity contribution is 0.575. The molecular formula is C18H27N5OS. The third-order valence-corrected chi connectivity index (χ3v) is 5.08. The third-order valence-electron chi connectivity index (χ3n) is 4.01. The van der Waals surface area contributed by atoms with E-state index < -0.39 is 0 Å². The molecule has 2 aromatic heterocycles. The van der Waals surface area contributed by atoms with Crippen molar-refractivity contribution in [3.05, 3.63) is 49.8 Å². The van der Waals surface area contributed by atoms with Crippen molar-refractivity contribution in [3.8, 4) is 0 Å². The minimum absolute atomic E-state index is 0.0701. The van der Waals surface area contributed by atoms with E-state index in [1.165, 1.54) is 4.88 Å². The molecule has 2 aromatic rings. The molecule has 0 atom stereocenters. The maximum Gasteiger partial charge on any atom is 0.250 e. The van der Waals surface area contributed by atoms with Crippen LogP contribution in [0, 0.1) is 20.8 Å². The van der Waals surface area contributed by atoms with E-state index in [1.54, 1.807) is 30.5 Å². The second kappa shape index (κ2) is 9.36. The zero-order chi connectivity index (χ0) is 18.2. The molecular weight excluding hydrogens is 334 g/mol. The molecule has 7 heteroatoms. The Bertz CT molecular complexity index is 778. The molecule has 0 aliphatic carbocycles. The van der Waals surface area contributed by atoms with Gasteiger partial charge in [-0.05, 0) is 39.7 Å². The molecule has 0 aromatic carbocycles. The molecule has 2 N–H and O–H groups in total. The summed E-state index contributed by atoms with van der Waals surface area (Å²) >= 11 is 1.71. The highest BCUT2D eigenvalue weighted by molar-refractivity contribution is 7.11. The van der Waals surface area contributed by atoms with E-state index in [0.29, 0.717) is 0 Å². The van der Waals surface area contributed by atoms with Gasteiger partial charge in [-0.2, -0.15) is 0 Å². The predicted molar refractivity (Wildman–Crippen MR) is 104 cm³/mol. The molecule has 6 nitrogen and oxygen atoms in total. The van der Waals surface area contributed by atoms with Gasteiger partial charge < -0.3 is 15.2 Å². The summed E-state index contributed by atoms with van der Waals surface area (Å²) < 4.78 is 1.82. The Kier molecular flexibility index (Phi) is 7.18. The van der Waals surface area contributed by atoms with Crippen LogP contribution in [0.5, 0.6) is 0 Å². The van der Waals surface area contributed by atoms with Gasteiger partial charge in [0.2, 0.25) is 0 Å². The molecule has 0 fully saturated rings. The molecule has 136 valence electrons. The van der Waals surface area contributed by atoms with Crippen molar-refractivity contribution >= 4 is 17.3 Å². The van der Waals surface area contributed by atoms with Crippen LogP contribution in [-0.2, 0) is 13.1 Å². The number of aromatic nitrogens is 2.